The standard InChI is InChI=1S/C40H45FN2O2/c1-30-39-29-37(42-31(2)44)22-19-33(39)24-28-43(30)27-10-26-40(34-11-5-3-6-12-34,35-13-7-4-8-14-35)25-9-15-38(45)23-18-32-16-20-36(41)21-17-32/h3-8,11-14,16-17,19-22,29-30H,9-10,15,18,23-28H2,1-2H3,(H,42,44). The zero-order valence-corrected chi connectivity index (χ0v) is 26.6. The van der Waals surface area contributed by atoms with Crippen molar-refractivity contribution in [3.05, 3.63) is 137 Å². The number of ketones is 1. The summed E-state index contributed by atoms with van der Waals surface area (Å²) in [6.07, 6.45) is 6.37. The number of benzene rings is 4. The molecule has 45 heavy (non-hydrogen) atoms. The topological polar surface area (TPSA) is 49.4 Å². The summed E-state index contributed by atoms with van der Waals surface area (Å²) in [5.41, 5.74) is 6.90. The molecule has 1 aliphatic rings. The predicted molar refractivity (Wildman–Crippen MR) is 181 cm³/mol. The second-order valence-electron chi connectivity index (χ2n) is 12.5. The molecule has 1 atom stereocenters. The Morgan fingerprint density at radius 2 is 1.49 bits per heavy atom. The first-order valence-corrected chi connectivity index (χ1v) is 16.4. The van der Waals surface area contributed by atoms with Gasteiger partial charge in [-0.3, -0.25) is 14.5 Å². The van der Waals surface area contributed by atoms with Crippen molar-refractivity contribution in [1.29, 1.82) is 0 Å². The molecule has 4 aromatic rings. The van der Waals surface area contributed by atoms with E-state index in [1.807, 2.05) is 6.07 Å². The largest absolute Gasteiger partial charge is 0.326 e. The molecule has 234 valence electrons. The molecule has 1 unspecified atom stereocenters. The van der Waals surface area contributed by atoms with Gasteiger partial charge in [-0.2, -0.15) is 0 Å². The summed E-state index contributed by atoms with van der Waals surface area (Å²) in [7, 11) is 0. The van der Waals surface area contributed by atoms with Crippen molar-refractivity contribution in [3.8, 4) is 0 Å². The minimum atomic E-state index is -0.251. The van der Waals surface area contributed by atoms with Gasteiger partial charge in [-0.25, -0.2) is 4.39 Å². The van der Waals surface area contributed by atoms with Crippen LogP contribution in [0.5, 0.6) is 0 Å². The van der Waals surface area contributed by atoms with Gasteiger partial charge in [-0.15, -0.1) is 0 Å². The molecule has 1 aliphatic heterocycles. The van der Waals surface area contributed by atoms with E-state index < -0.39 is 0 Å². The Labute approximate surface area is 267 Å². The second-order valence-corrected chi connectivity index (χ2v) is 12.5. The Morgan fingerprint density at radius 1 is 0.844 bits per heavy atom. The Morgan fingerprint density at radius 3 is 2.13 bits per heavy atom. The predicted octanol–water partition coefficient (Wildman–Crippen LogP) is 8.84. The molecule has 1 heterocycles. The first-order valence-electron chi connectivity index (χ1n) is 16.4. The second kappa shape index (κ2) is 15.3. The molecule has 0 radical (unpaired) electrons. The third-order valence-corrected chi connectivity index (χ3v) is 9.50. The van der Waals surface area contributed by atoms with Crippen LogP contribution in [0.2, 0.25) is 0 Å². The van der Waals surface area contributed by atoms with Crippen LogP contribution in [0.25, 0.3) is 0 Å². The first kappa shape index (κ1) is 32.3. The Bertz CT molecular complexity index is 1510. The van der Waals surface area contributed by atoms with Gasteiger partial charge in [-0.1, -0.05) is 78.9 Å². The van der Waals surface area contributed by atoms with Gasteiger partial charge in [0.15, 0.2) is 0 Å². The molecule has 4 nitrogen and oxygen atoms in total. The molecule has 5 rings (SSSR count). The average molecular weight is 605 g/mol. The summed E-state index contributed by atoms with van der Waals surface area (Å²) < 4.78 is 13.3. The number of amides is 1. The fourth-order valence-corrected chi connectivity index (χ4v) is 7.07. The third kappa shape index (κ3) is 8.34. The molecule has 0 saturated heterocycles. The van der Waals surface area contributed by atoms with E-state index in [9.17, 15) is 14.0 Å². The number of anilines is 1. The lowest BCUT2D eigenvalue weighted by Crippen LogP contribution is -2.36. The van der Waals surface area contributed by atoms with Crippen LogP contribution in [0.15, 0.2) is 103 Å². The Kier molecular flexibility index (Phi) is 11.0. The lowest BCUT2D eigenvalue weighted by Gasteiger charge is -2.39. The van der Waals surface area contributed by atoms with Crippen LogP contribution in [0.3, 0.4) is 0 Å². The maximum atomic E-state index is 13.3. The zero-order valence-electron chi connectivity index (χ0n) is 26.6. The van der Waals surface area contributed by atoms with E-state index in [-0.39, 0.29) is 29.0 Å². The number of hydrogen-bond donors (Lipinski definition) is 1. The number of carbonyl (C=O) groups is 2. The zero-order chi connectivity index (χ0) is 31.6. The quantitative estimate of drug-likeness (QED) is 0.156. The van der Waals surface area contributed by atoms with Crippen molar-refractivity contribution in [2.75, 3.05) is 18.4 Å². The minimum Gasteiger partial charge on any atom is -0.326 e. The fourth-order valence-electron chi connectivity index (χ4n) is 7.07. The molecule has 0 bridgehead atoms. The van der Waals surface area contributed by atoms with Crippen molar-refractivity contribution >= 4 is 17.4 Å². The average Bonchev–Trinajstić information content (AvgIpc) is 3.05. The number of halogens is 1. The van der Waals surface area contributed by atoms with Crippen LogP contribution < -0.4 is 5.32 Å². The van der Waals surface area contributed by atoms with Crippen molar-refractivity contribution in [2.45, 2.75) is 76.7 Å². The summed E-state index contributed by atoms with van der Waals surface area (Å²) in [6, 6.07) is 34.6. The Balaban J connectivity index is 1.29. The minimum absolute atomic E-state index is 0.0528. The number of nitrogens with one attached hydrogen (secondary N) is 1. The van der Waals surface area contributed by atoms with Crippen LogP contribution in [0.4, 0.5) is 10.1 Å². The molecule has 0 fully saturated rings. The number of rotatable bonds is 14. The molecule has 0 saturated carbocycles. The summed E-state index contributed by atoms with van der Waals surface area (Å²) in [5.74, 6) is -0.0456. The van der Waals surface area contributed by atoms with E-state index in [1.165, 1.54) is 34.4 Å². The van der Waals surface area contributed by atoms with E-state index in [1.54, 1.807) is 19.1 Å². The molecule has 1 N–H and O–H groups in total. The number of carbonyl (C=O) groups excluding carboxylic acids is 2. The molecule has 0 aromatic heterocycles. The van der Waals surface area contributed by atoms with Gasteiger partial charge in [0, 0.05) is 43.5 Å². The number of nitrogens with zero attached hydrogens (tertiary/aromatic N) is 1. The van der Waals surface area contributed by atoms with Gasteiger partial charge in [0.25, 0.3) is 0 Å². The van der Waals surface area contributed by atoms with Crippen LogP contribution in [0, 0.1) is 5.82 Å². The molecular weight excluding hydrogens is 559 g/mol. The van der Waals surface area contributed by atoms with Gasteiger partial charge in [0.1, 0.15) is 11.6 Å². The van der Waals surface area contributed by atoms with Crippen LogP contribution >= 0.6 is 0 Å². The molecule has 1 amide bonds. The number of hydrogen-bond acceptors (Lipinski definition) is 3. The lowest BCUT2D eigenvalue weighted by molar-refractivity contribution is -0.119. The van der Waals surface area contributed by atoms with Crippen molar-refractivity contribution in [2.24, 2.45) is 0 Å². The van der Waals surface area contributed by atoms with E-state index in [2.05, 4.69) is 89.9 Å². The number of Topliss-reactive ketones (excluding diaryl/α,β-unsaturated/α-hetero) is 1. The number of aryl methyl sites for hydroxylation is 1. The molecule has 5 heteroatoms. The highest BCUT2D eigenvalue weighted by Gasteiger charge is 2.34. The fraction of sp³-hybridized carbons (Fsp3) is 0.350. The summed E-state index contributed by atoms with van der Waals surface area (Å²) in [6.45, 7) is 5.81. The maximum Gasteiger partial charge on any atom is 0.221 e. The summed E-state index contributed by atoms with van der Waals surface area (Å²) in [4.78, 5) is 27.2. The highest BCUT2D eigenvalue weighted by Crippen LogP contribution is 2.42. The highest BCUT2D eigenvalue weighted by atomic mass is 19.1. The number of fused-ring (bicyclic) bond motifs is 1. The van der Waals surface area contributed by atoms with E-state index in [0.29, 0.717) is 19.3 Å². The van der Waals surface area contributed by atoms with Crippen molar-refractivity contribution < 1.29 is 14.0 Å². The first-order chi connectivity index (χ1) is 21.8. The monoisotopic (exact) mass is 604 g/mol. The smallest absolute Gasteiger partial charge is 0.221 e. The third-order valence-electron chi connectivity index (χ3n) is 9.50. The van der Waals surface area contributed by atoms with E-state index >= 15 is 0 Å². The maximum absolute atomic E-state index is 13.3. The van der Waals surface area contributed by atoms with Crippen molar-refractivity contribution in [3.63, 3.8) is 0 Å². The SMILES string of the molecule is CC(=O)Nc1ccc2c(c1)C(C)N(CCCC(CCCC(=O)CCc1ccc(F)cc1)(c1ccccc1)c1ccccc1)CC2. The molecular formula is C40H45FN2O2. The van der Waals surface area contributed by atoms with E-state index in [4.69, 9.17) is 0 Å². The summed E-state index contributed by atoms with van der Waals surface area (Å²) >= 11 is 0. The normalized spacial score (nSPS) is 15.0. The van der Waals surface area contributed by atoms with Gasteiger partial charge >= 0.3 is 0 Å². The van der Waals surface area contributed by atoms with Crippen LogP contribution in [0.1, 0.15) is 86.2 Å². The Hall–Kier alpha value is -4.09. The van der Waals surface area contributed by atoms with Crippen LogP contribution in [-0.4, -0.2) is 29.7 Å². The van der Waals surface area contributed by atoms with Gasteiger partial charge in [0.2, 0.25) is 5.91 Å². The van der Waals surface area contributed by atoms with Gasteiger partial charge in [-0.05, 0) is 104 Å². The van der Waals surface area contributed by atoms with Gasteiger partial charge in [0.05, 0.1) is 0 Å². The van der Waals surface area contributed by atoms with E-state index in [0.717, 1.165) is 56.4 Å². The highest BCUT2D eigenvalue weighted by molar-refractivity contribution is 5.88. The van der Waals surface area contributed by atoms with Gasteiger partial charge < -0.3 is 5.32 Å². The molecule has 0 spiro atoms. The molecule has 4 aromatic carbocycles. The molecule has 0 aliphatic carbocycles. The van der Waals surface area contributed by atoms with Crippen LogP contribution in [-0.2, 0) is 27.8 Å². The summed E-state index contributed by atoms with van der Waals surface area (Å²) in [5, 5.41) is 2.94. The lowest BCUT2D eigenvalue weighted by atomic mass is 9.68. The van der Waals surface area contributed by atoms with Crippen molar-refractivity contribution in [1.82, 2.24) is 4.90 Å².